The van der Waals surface area contributed by atoms with E-state index in [4.69, 9.17) is 0 Å². The Morgan fingerprint density at radius 1 is 0.939 bits per heavy atom. The predicted molar refractivity (Wildman–Crippen MR) is 122 cm³/mol. The van der Waals surface area contributed by atoms with Crippen molar-refractivity contribution in [3.05, 3.63) is 116 Å². The van der Waals surface area contributed by atoms with Crippen LogP contribution < -0.4 is 11.2 Å². The average Bonchev–Trinajstić information content (AvgIpc) is 3.14. The Bertz CT molecular complexity index is 1630. The first-order chi connectivity index (χ1) is 15.9. The first kappa shape index (κ1) is 20.6. The third-order valence-corrected chi connectivity index (χ3v) is 5.61. The Hall–Kier alpha value is -4.33. The molecule has 7 nitrogen and oxygen atoms in total. The van der Waals surface area contributed by atoms with Crippen LogP contribution in [0.4, 0.5) is 4.39 Å². The molecule has 164 valence electrons. The molecule has 0 radical (unpaired) electrons. The molecule has 0 saturated carbocycles. The number of carbonyl (C=O) groups excluding carboxylic acids is 1. The van der Waals surface area contributed by atoms with E-state index in [0.717, 1.165) is 10.2 Å². The minimum Gasteiger partial charge on any atom is -0.292 e. The van der Waals surface area contributed by atoms with E-state index in [-0.39, 0.29) is 36.0 Å². The van der Waals surface area contributed by atoms with Crippen LogP contribution in [0.5, 0.6) is 0 Å². The summed E-state index contributed by atoms with van der Waals surface area (Å²) in [5.41, 5.74) is 1.73. The van der Waals surface area contributed by atoms with Crippen molar-refractivity contribution in [1.82, 2.24) is 18.7 Å². The summed E-state index contributed by atoms with van der Waals surface area (Å²) in [4.78, 5) is 39.3. The molecular formula is C25H19FN4O3. The smallest absolute Gasteiger partial charge is 0.292 e. The molecule has 5 aromatic rings. The van der Waals surface area contributed by atoms with E-state index in [1.165, 1.54) is 21.1 Å². The molecule has 0 aliphatic carbocycles. The molecule has 2 aromatic heterocycles. The van der Waals surface area contributed by atoms with Gasteiger partial charge in [-0.05, 0) is 36.8 Å². The number of hydrogen-bond acceptors (Lipinski definition) is 4. The van der Waals surface area contributed by atoms with Gasteiger partial charge in [-0.1, -0.05) is 54.1 Å². The highest BCUT2D eigenvalue weighted by molar-refractivity contribution is 5.95. The number of para-hydroxylation sites is 1. The van der Waals surface area contributed by atoms with Crippen molar-refractivity contribution >= 4 is 22.5 Å². The number of rotatable bonds is 5. The first-order valence-electron chi connectivity index (χ1n) is 10.4. The summed E-state index contributed by atoms with van der Waals surface area (Å²) >= 11 is 0. The molecule has 5 rings (SSSR count). The molecule has 33 heavy (non-hydrogen) atoms. The largest absolute Gasteiger partial charge is 0.352 e. The van der Waals surface area contributed by atoms with Crippen LogP contribution in [0, 0.1) is 12.7 Å². The van der Waals surface area contributed by atoms with Crippen molar-refractivity contribution in [2.45, 2.75) is 20.0 Å². The molecular weight excluding hydrogens is 423 g/mol. The van der Waals surface area contributed by atoms with Crippen molar-refractivity contribution in [1.29, 1.82) is 0 Å². The van der Waals surface area contributed by atoms with Crippen molar-refractivity contribution in [3.8, 4) is 0 Å². The van der Waals surface area contributed by atoms with Crippen LogP contribution in [0.1, 0.15) is 21.5 Å². The molecule has 0 atom stereocenters. The number of ketones is 1. The number of carbonyl (C=O) groups is 1. The summed E-state index contributed by atoms with van der Waals surface area (Å²) in [6.07, 6.45) is 0. The van der Waals surface area contributed by atoms with E-state index >= 15 is 0 Å². The predicted octanol–water partition coefficient (Wildman–Crippen LogP) is 3.19. The van der Waals surface area contributed by atoms with Crippen LogP contribution in [0.25, 0.3) is 16.7 Å². The molecule has 0 saturated heterocycles. The van der Waals surface area contributed by atoms with Gasteiger partial charge in [0.1, 0.15) is 12.4 Å². The Kier molecular flexibility index (Phi) is 4.97. The lowest BCUT2D eigenvalue weighted by molar-refractivity contribution is 0.0966. The number of nitrogens with zero attached hydrogens (tertiary/aromatic N) is 4. The number of halogens is 1. The van der Waals surface area contributed by atoms with Crippen molar-refractivity contribution < 1.29 is 9.18 Å². The Balaban J connectivity index is 1.68. The van der Waals surface area contributed by atoms with Crippen LogP contribution in [0.15, 0.2) is 82.4 Å². The van der Waals surface area contributed by atoms with Crippen molar-refractivity contribution in [3.63, 3.8) is 0 Å². The molecule has 0 amide bonds. The molecule has 8 heteroatoms. The second-order valence-corrected chi connectivity index (χ2v) is 7.90. The molecule has 0 spiro atoms. The summed E-state index contributed by atoms with van der Waals surface area (Å²) in [6, 6.07) is 19.6. The highest BCUT2D eigenvalue weighted by atomic mass is 19.1. The normalized spacial score (nSPS) is 11.3. The zero-order valence-corrected chi connectivity index (χ0v) is 17.7. The monoisotopic (exact) mass is 442 g/mol. The summed E-state index contributed by atoms with van der Waals surface area (Å²) in [6.45, 7) is 1.75. The minimum absolute atomic E-state index is 0.0931. The van der Waals surface area contributed by atoms with E-state index in [0.29, 0.717) is 22.0 Å². The van der Waals surface area contributed by atoms with E-state index in [1.54, 1.807) is 48.5 Å². The lowest BCUT2D eigenvalue weighted by atomic mass is 10.1. The third kappa shape index (κ3) is 3.65. The van der Waals surface area contributed by atoms with Gasteiger partial charge in [0, 0.05) is 5.56 Å². The van der Waals surface area contributed by atoms with Crippen LogP contribution in [-0.2, 0) is 13.1 Å². The lowest BCUT2D eigenvalue weighted by Gasteiger charge is -2.09. The maximum Gasteiger partial charge on any atom is 0.352 e. The molecule has 0 unspecified atom stereocenters. The summed E-state index contributed by atoms with van der Waals surface area (Å²) in [5.74, 6) is -0.535. The second-order valence-electron chi connectivity index (χ2n) is 7.90. The number of benzene rings is 3. The van der Waals surface area contributed by atoms with Gasteiger partial charge in [0.2, 0.25) is 5.78 Å². The lowest BCUT2D eigenvalue weighted by Crippen LogP contribution is -2.27. The molecule has 0 aliphatic rings. The maximum atomic E-state index is 13.3. The van der Waals surface area contributed by atoms with Gasteiger partial charge in [0.15, 0.2) is 5.78 Å². The fourth-order valence-corrected chi connectivity index (χ4v) is 3.85. The van der Waals surface area contributed by atoms with Gasteiger partial charge in [-0.15, -0.1) is 5.10 Å². The number of Topliss-reactive ketones (excluding diaryl/α,β-unsaturated/α-hetero) is 1. The van der Waals surface area contributed by atoms with E-state index in [9.17, 15) is 18.8 Å². The van der Waals surface area contributed by atoms with Gasteiger partial charge in [-0.2, -0.15) is 0 Å². The number of aromatic nitrogens is 4. The Morgan fingerprint density at radius 3 is 2.36 bits per heavy atom. The van der Waals surface area contributed by atoms with Crippen LogP contribution >= 0.6 is 0 Å². The van der Waals surface area contributed by atoms with Crippen molar-refractivity contribution in [2.24, 2.45) is 0 Å². The van der Waals surface area contributed by atoms with Gasteiger partial charge < -0.3 is 0 Å². The highest BCUT2D eigenvalue weighted by Crippen LogP contribution is 2.13. The fraction of sp³-hybridized carbons (Fsp3) is 0.120. The Labute approximate surface area is 187 Å². The van der Waals surface area contributed by atoms with Gasteiger partial charge in [-0.3, -0.25) is 14.2 Å². The van der Waals surface area contributed by atoms with Crippen LogP contribution in [0.2, 0.25) is 0 Å². The van der Waals surface area contributed by atoms with Gasteiger partial charge in [-0.25, -0.2) is 18.3 Å². The van der Waals surface area contributed by atoms with E-state index in [1.807, 2.05) is 19.1 Å². The van der Waals surface area contributed by atoms with Gasteiger partial charge in [0.25, 0.3) is 5.56 Å². The first-order valence-corrected chi connectivity index (χ1v) is 10.4. The minimum atomic E-state index is -0.519. The molecule has 0 aliphatic heterocycles. The molecule has 0 bridgehead atoms. The third-order valence-electron chi connectivity index (χ3n) is 5.61. The van der Waals surface area contributed by atoms with E-state index < -0.39 is 5.69 Å². The Morgan fingerprint density at radius 2 is 1.64 bits per heavy atom. The number of hydrogen-bond donors (Lipinski definition) is 0. The van der Waals surface area contributed by atoms with Gasteiger partial charge in [0.05, 0.1) is 17.4 Å². The summed E-state index contributed by atoms with van der Waals surface area (Å²) in [5, 5.41) is 4.70. The maximum absolute atomic E-state index is 13.3. The molecule has 3 aromatic carbocycles. The summed E-state index contributed by atoms with van der Waals surface area (Å²) in [7, 11) is 0. The van der Waals surface area contributed by atoms with Crippen molar-refractivity contribution in [2.75, 3.05) is 0 Å². The second kappa shape index (κ2) is 7.98. The molecule has 0 fully saturated rings. The standard InChI is InChI=1S/C25H19FN4O3/c1-16-6-10-18(11-7-16)22(31)15-29-25(33)30-21-5-3-2-4-20(21)23(32)28(24(30)27-29)14-17-8-12-19(26)13-9-17/h2-13H,14-15H2,1H3. The topological polar surface area (TPSA) is 78.4 Å². The SMILES string of the molecule is Cc1ccc(C(=O)Cn2nc3n(Cc4ccc(F)cc4)c(=O)c4ccccc4n3c2=O)cc1. The molecule has 0 N–H and O–H groups in total. The number of fused-ring (bicyclic) bond motifs is 3. The van der Waals surface area contributed by atoms with Crippen LogP contribution in [-0.4, -0.2) is 24.5 Å². The summed E-state index contributed by atoms with van der Waals surface area (Å²) < 4.78 is 17.1. The quantitative estimate of drug-likeness (QED) is 0.392. The zero-order chi connectivity index (χ0) is 23.1. The zero-order valence-electron chi connectivity index (χ0n) is 17.7. The average molecular weight is 442 g/mol. The molecule has 2 heterocycles. The van der Waals surface area contributed by atoms with Crippen LogP contribution in [0.3, 0.4) is 0 Å². The number of aryl methyl sites for hydroxylation is 1. The fourth-order valence-electron chi connectivity index (χ4n) is 3.85. The van der Waals surface area contributed by atoms with E-state index in [2.05, 4.69) is 5.10 Å². The highest BCUT2D eigenvalue weighted by Gasteiger charge is 2.19. The van der Waals surface area contributed by atoms with Gasteiger partial charge >= 0.3 is 5.69 Å².